The molecule has 0 unspecified atom stereocenters. The number of hydrogen-bond donors (Lipinski definition) is 1. The van der Waals surface area contributed by atoms with Crippen molar-refractivity contribution >= 4 is 35.2 Å². The van der Waals surface area contributed by atoms with Gasteiger partial charge in [0.05, 0.1) is 26.0 Å². The Hall–Kier alpha value is -2.80. The molecule has 0 aliphatic rings. The summed E-state index contributed by atoms with van der Waals surface area (Å²) in [5.74, 6) is 0.196. The third-order valence-corrected chi connectivity index (χ3v) is 3.12. The number of nitrogens with zero attached hydrogens (tertiary/aromatic N) is 2. The molecule has 0 radical (unpaired) electrons. The number of pyridine rings is 1. The molecule has 0 fully saturated rings. The maximum Gasteiger partial charge on any atom is 0.356 e. The number of anilines is 1. The first kappa shape index (κ1) is 16.6. The van der Waals surface area contributed by atoms with Gasteiger partial charge in [0.2, 0.25) is 5.89 Å². The fourth-order valence-electron chi connectivity index (χ4n) is 2.05. The van der Waals surface area contributed by atoms with Gasteiger partial charge < -0.3 is 19.6 Å². The molecule has 0 spiro atoms. The molecular weight excluding hydrogens is 322 g/mol. The van der Waals surface area contributed by atoms with Gasteiger partial charge in [-0.25, -0.2) is 14.8 Å². The van der Waals surface area contributed by atoms with Crippen molar-refractivity contribution in [2.24, 2.45) is 0 Å². The van der Waals surface area contributed by atoms with Crippen molar-refractivity contribution in [2.75, 3.05) is 20.0 Å². The summed E-state index contributed by atoms with van der Waals surface area (Å²) in [6, 6.07) is 6.67. The van der Waals surface area contributed by atoms with E-state index in [1.54, 1.807) is 18.2 Å². The summed E-state index contributed by atoms with van der Waals surface area (Å²) in [6.07, 6.45) is 1.42. The Morgan fingerprint density at radius 3 is 2.74 bits per heavy atom. The van der Waals surface area contributed by atoms with E-state index in [2.05, 4.69) is 14.7 Å². The summed E-state index contributed by atoms with van der Waals surface area (Å²) in [5, 5.41) is 0. The van der Waals surface area contributed by atoms with Gasteiger partial charge >= 0.3 is 5.97 Å². The number of esters is 1. The number of benzene rings is 1. The summed E-state index contributed by atoms with van der Waals surface area (Å²) in [6.45, 7) is 0. The van der Waals surface area contributed by atoms with E-state index in [0.717, 1.165) is 0 Å². The maximum absolute atomic E-state index is 11.6. The Morgan fingerprint density at radius 1 is 1.26 bits per heavy atom. The standard InChI is InChI=1S/C15H13N3O4.ClH/c1-20-13-7-17-11(15(19)21-2)6-9(13)14-18-10-5-8(16)3-4-12(10)22-14;/h3-7H,16H2,1-2H3;1H. The van der Waals surface area contributed by atoms with Crippen LogP contribution in [0.3, 0.4) is 0 Å². The monoisotopic (exact) mass is 335 g/mol. The van der Waals surface area contributed by atoms with Gasteiger partial charge in [-0.2, -0.15) is 0 Å². The van der Waals surface area contributed by atoms with Crippen LogP contribution in [0.5, 0.6) is 5.75 Å². The van der Waals surface area contributed by atoms with Crippen LogP contribution in [-0.4, -0.2) is 30.2 Å². The van der Waals surface area contributed by atoms with E-state index in [1.165, 1.54) is 26.5 Å². The van der Waals surface area contributed by atoms with Crippen LogP contribution in [0.2, 0.25) is 0 Å². The summed E-state index contributed by atoms with van der Waals surface area (Å²) in [4.78, 5) is 20.0. The van der Waals surface area contributed by atoms with Crippen molar-refractivity contribution < 1.29 is 18.7 Å². The average molecular weight is 336 g/mol. The fourth-order valence-corrected chi connectivity index (χ4v) is 2.05. The SMILES string of the molecule is COC(=O)c1cc(-c2nc3cc(N)ccc3o2)c(OC)cn1.Cl. The molecule has 23 heavy (non-hydrogen) atoms. The number of halogens is 1. The number of nitrogens with two attached hydrogens (primary N) is 1. The highest BCUT2D eigenvalue weighted by Crippen LogP contribution is 2.32. The largest absolute Gasteiger partial charge is 0.494 e. The van der Waals surface area contributed by atoms with Crippen molar-refractivity contribution in [1.82, 2.24) is 9.97 Å². The normalized spacial score (nSPS) is 10.2. The van der Waals surface area contributed by atoms with Crippen molar-refractivity contribution in [3.05, 3.63) is 36.2 Å². The number of oxazole rings is 1. The molecule has 2 heterocycles. The molecule has 0 saturated heterocycles. The van der Waals surface area contributed by atoms with E-state index in [-0.39, 0.29) is 18.1 Å². The highest BCUT2D eigenvalue weighted by molar-refractivity contribution is 5.89. The summed E-state index contributed by atoms with van der Waals surface area (Å²) < 4.78 is 15.6. The quantitative estimate of drug-likeness (QED) is 0.580. The fraction of sp³-hybridized carbons (Fsp3) is 0.133. The first-order valence-corrected chi connectivity index (χ1v) is 6.41. The molecule has 0 aliphatic carbocycles. The van der Waals surface area contributed by atoms with Gasteiger partial charge in [-0.1, -0.05) is 0 Å². The van der Waals surface area contributed by atoms with Crippen LogP contribution in [0.4, 0.5) is 5.69 Å². The number of carbonyl (C=O) groups is 1. The molecule has 2 N–H and O–H groups in total. The van der Waals surface area contributed by atoms with Crippen LogP contribution in [0, 0.1) is 0 Å². The zero-order valence-electron chi connectivity index (χ0n) is 12.4. The Bertz CT molecular complexity index is 863. The number of aromatic nitrogens is 2. The highest BCUT2D eigenvalue weighted by atomic mass is 35.5. The van der Waals surface area contributed by atoms with Crippen LogP contribution in [-0.2, 0) is 4.74 Å². The van der Waals surface area contributed by atoms with Crippen LogP contribution in [0.25, 0.3) is 22.6 Å². The number of rotatable bonds is 3. The van der Waals surface area contributed by atoms with E-state index < -0.39 is 5.97 Å². The Balaban J connectivity index is 0.00000192. The minimum Gasteiger partial charge on any atom is -0.494 e. The van der Waals surface area contributed by atoms with Gasteiger partial charge in [-0.15, -0.1) is 12.4 Å². The lowest BCUT2D eigenvalue weighted by molar-refractivity contribution is 0.0594. The molecule has 0 aliphatic heterocycles. The van der Waals surface area contributed by atoms with E-state index in [4.69, 9.17) is 14.9 Å². The van der Waals surface area contributed by atoms with Crippen molar-refractivity contribution in [3.8, 4) is 17.2 Å². The van der Waals surface area contributed by atoms with Gasteiger partial charge in [-0.05, 0) is 24.3 Å². The van der Waals surface area contributed by atoms with Crippen LogP contribution in [0.1, 0.15) is 10.5 Å². The van der Waals surface area contributed by atoms with Crippen LogP contribution in [0.15, 0.2) is 34.9 Å². The lowest BCUT2D eigenvalue weighted by atomic mass is 10.2. The summed E-state index contributed by atoms with van der Waals surface area (Å²) >= 11 is 0. The molecular formula is C15H14ClN3O4. The second kappa shape index (κ2) is 6.53. The van der Waals surface area contributed by atoms with Crippen molar-refractivity contribution in [3.63, 3.8) is 0 Å². The number of carbonyl (C=O) groups excluding carboxylic acids is 1. The van der Waals surface area contributed by atoms with Gasteiger partial charge in [0.15, 0.2) is 5.58 Å². The van der Waals surface area contributed by atoms with Gasteiger partial charge in [-0.3, -0.25) is 0 Å². The lowest BCUT2D eigenvalue weighted by Gasteiger charge is -2.06. The molecule has 7 nitrogen and oxygen atoms in total. The maximum atomic E-state index is 11.6. The number of hydrogen-bond acceptors (Lipinski definition) is 7. The molecule has 0 bridgehead atoms. The number of nitrogen functional groups attached to an aromatic ring is 1. The number of methoxy groups -OCH3 is 2. The molecule has 3 aromatic rings. The molecule has 120 valence electrons. The van der Waals surface area contributed by atoms with Gasteiger partial charge in [0, 0.05) is 5.69 Å². The molecule has 0 saturated carbocycles. The molecule has 2 aromatic heterocycles. The Morgan fingerprint density at radius 2 is 2.04 bits per heavy atom. The predicted molar refractivity (Wildman–Crippen MR) is 86.8 cm³/mol. The van der Waals surface area contributed by atoms with E-state index in [0.29, 0.717) is 34.0 Å². The number of fused-ring (bicyclic) bond motifs is 1. The second-order valence-corrected chi connectivity index (χ2v) is 4.51. The van der Waals surface area contributed by atoms with Gasteiger partial charge in [0.1, 0.15) is 17.0 Å². The van der Waals surface area contributed by atoms with Gasteiger partial charge in [0.25, 0.3) is 0 Å². The predicted octanol–water partition coefficient (Wildman–Crippen LogP) is 2.69. The molecule has 8 heteroatoms. The molecule has 0 atom stereocenters. The third kappa shape index (κ3) is 3.04. The van der Waals surface area contributed by atoms with E-state index in [1.807, 2.05) is 0 Å². The highest BCUT2D eigenvalue weighted by Gasteiger charge is 2.17. The Labute approximate surface area is 137 Å². The first-order valence-electron chi connectivity index (χ1n) is 6.41. The Kier molecular flexibility index (Phi) is 4.71. The molecule has 1 aromatic carbocycles. The number of ether oxygens (including phenoxy) is 2. The minimum atomic E-state index is -0.552. The summed E-state index contributed by atoms with van der Waals surface area (Å²) in [7, 11) is 2.79. The first-order chi connectivity index (χ1) is 10.6. The molecule has 3 rings (SSSR count). The summed E-state index contributed by atoms with van der Waals surface area (Å²) in [5.41, 5.74) is 8.17. The smallest absolute Gasteiger partial charge is 0.356 e. The topological polar surface area (TPSA) is 100 Å². The van der Waals surface area contributed by atoms with E-state index in [9.17, 15) is 4.79 Å². The second-order valence-electron chi connectivity index (χ2n) is 4.51. The van der Waals surface area contributed by atoms with Crippen LogP contribution >= 0.6 is 12.4 Å². The third-order valence-electron chi connectivity index (χ3n) is 3.12. The van der Waals surface area contributed by atoms with Crippen molar-refractivity contribution in [1.29, 1.82) is 0 Å². The average Bonchev–Trinajstić information content (AvgIpc) is 2.96. The molecule has 0 amide bonds. The van der Waals surface area contributed by atoms with Crippen LogP contribution < -0.4 is 10.5 Å². The van der Waals surface area contributed by atoms with Crippen molar-refractivity contribution in [2.45, 2.75) is 0 Å². The zero-order chi connectivity index (χ0) is 15.7. The zero-order valence-corrected chi connectivity index (χ0v) is 13.2. The lowest BCUT2D eigenvalue weighted by Crippen LogP contribution is -2.05. The minimum absolute atomic E-state index is 0. The van der Waals surface area contributed by atoms with E-state index >= 15 is 0 Å².